The Morgan fingerprint density at radius 1 is 1.07 bits per heavy atom. The number of aryl methyl sites for hydroxylation is 1. The molecule has 150 valence electrons. The van der Waals surface area contributed by atoms with Crippen molar-refractivity contribution < 1.29 is 19.4 Å². The third kappa shape index (κ3) is 4.14. The lowest BCUT2D eigenvalue weighted by Gasteiger charge is -2.39. The maximum atomic E-state index is 12.0. The maximum Gasteiger partial charge on any atom is 0.320 e. The molecule has 0 aliphatic carbocycles. The van der Waals surface area contributed by atoms with E-state index < -0.39 is 12.0 Å². The van der Waals surface area contributed by atoms with Crippen molar-refractivity contribution in [1.82, 2.24) is 4.90 Å². The van der Waals surface area contributed by atoms with Crippen LogP contribution in [-0.2, 0) is 11.2 Å². The van der Waals surface area contributed by atoms with Gasteiger partial charge in [-0.15, -0.1) is 0 Å². The van der Waals surface area contributed by atoms with Gasteiger partial charge >= 0.3 is 5.97 Å². The number of hydrogen-bond acceptors (Lipinski definition) is 4. The summed E-state index contributed by atoms with van der Waals surface area (Å²) in [5.74, 6) is 0.564. The van der Waals surface area contributed by atoms with Gasteiger partial charge < -0.3 is 14.6 Å². The second-order valence-electron chi connectivity index (χ2n) is 7.20. The topological polar surface area (TPSA) is 59.0 Å². The minimum atomic E-state index is -0.754. The van der Waals surface area contributed by atoms with Crippen LogP contribution in [0.1, 0.15) is 48.9 Å². The first kappa shape index (κ1) is 20.2. The van der Waals surface area contributed by atoms with E-state index in [0.29, 0.717) is 17.9 Å². The van der Waals surface area contributed by atoms with Crippen LogP contribution in [0.25, 0.3) is 0 Å². The van der Waals surface area contributed by atoms with Crippen molar-refractivity contribution >= 4 is 5.97 Å². The van der Waals surface area contributed by atoms with Crippen molar-refractivity contribution in [1.29, 1.82) is 0 Å². The first-order valence-corrected chi connectivity index (χ1v) is 9.88. The smallest absolute Gasteiger partial charge is 0.320 e. The van der Waals surface area contributed by atoms with Gasteiger partial charge in [-0.2, -0.15) is 0 Å². The number of hydrogen-bond donors (Lipinski definition) is 1. The van der Waals surface area contributed by atoms with Crippen molar-refractivity contribution in [2.45, 2.75) is 44.7 Å². The maximum absolute atomic E-state index is 12.0. The van der Waals surface area contributed by atoms with Crippen LogP contribution in [0.5, 0.6) is 11.5 Å². The molecule has 0 amide bonds. The summed E-state index contributed by atoms with van der Waals surface area (Å²) >= 11 is 0. The standard InChI is InChI=1S/C23H29NO4/c1-4-16-8-10-17(11-9-16)22(24-14-6-5-7-19(24)23(25)26)18-12-13-20(27-2)21(15-18)28-3/h8-13,15,19,22H,4-7,14H2,1-3H3,(H,25,26). The van der Waals surface area contributed by atoms with Gasteiger partial charge in [0.15, 0.2) is 11.5 Å². The largest absolute Gasteiger partial charge is 0.493 e. The van der Waals surface area contributed by atoms with Gasteiger partial charge in [-0.05, 0) is 54.6 Å². The fraction of sp³-hybridized carbons (Fsp3) is 0.435. The van der Waals surface area contributed by atoms with E-state index in [1.54, 1.807) is 14.2 Å². The molecule has 1 saturated heterocycles. The van der Waals surface area contributed by atoms with E-state index in [1.165, 1.54) is 5.56 Å². The van der Waals surface area contributed by atoms with Crippen LogP contribution in [0.2, 0.25) is 0 Å². The monoisotopic (exact) mass is 383 g/mol. The Bertz CT molecular complexity index is 803. The fourth-order valence-corrected chi connectivity index (χ4v) is 4.06. The Hall–Kier alpha value is -2.53. The van der Waals surface area contributed by atoms with Crippen LogP contribution in [0.4, 0.5) is 0 Å². The van der Waals surface area contributed by atoms with Crippen molar-refractivity contribution in [3.8, 4) is 11.5 Å². The molecule has 1 N–H and O–H groups in total. The number of nitrogens with zero attached hydrogens (tertiary/aromatic N) is 1. The van der Waals surface area contributed by atoms with E-state index in [0.717, 1.165) is 36.9 Å². The lowest BCUT2D eigenvalue weighted by atomic mass is 9.91. The summed E-state index contributed by atoms with van der Waals surface area (Å²) in [5.41, 5.74) is 3.37. The lowest BCUT2D eigenvalue weighted by Crippen LogP contribution is -2.46. The molecule has 1 heterocycles. The third-order valence-corrected chi connectivity index (χ3v) is 5.59. The van der Waals surface area contributed by atoms with Gasteiger partial charge in [-0.1, -0.05) is 43.7 Å². The molecule has 2 atom stereocenters. The van der Waals surface area contributed by atoms with E-state index in [-0.39, 0.29) is 6.04 Å². The van der Waals surface area contributed by atoms with E-state index >= 15 is 0 Å². The summed E-state index contributed by atoms with van der Waals surface area (Å²) in [6.07, 6.45) is 3.59. The number of rotatable bonds is 7. The SMILES string of the molecule is CCc1ccc(C(c2ccc(OC)c(OC)c2)N2CCCCC2C(=O)O)cc1. The number of aliphatic carboxylic acids is 1. The number of ether oxygens (including phenoxy) is 2. The number of carbonyl (C=O) groups is 1. The van der Waals surface area contributed by atoms with E-state index in [1.807, 2.05) is 18.2 Å². The highest BCUT2D eigenvalue weighted by atomic mass is 16.5. The molecule has 5 nitrogen and oxygen atoms in total. The molecule has 1 aliphatic heterocycles. The Labute approximate surface area is 166 Å². The second-order valence-corrected chi connectivity index (χ2v) is 7.20. The highest BCUT2D eigenvalue weighted by Gasteiger charge is 2.35. The zero-order valence-corrected chi connectivity index (χ0v) is 16.9. The Morgan fingerprint density at radius 3 is 2.36 bits per heavy atom. The normalized spacial score (nSPS) is 18.5. The van der Waals surface area contributed by atoms with Crippen LogP contribution in [0.3, 0.4) is 0 Å². The molecule has 5 heteroatoms. The lowest BCUT2D eigenvalue weighted by molar-refractivity contribution is -0.145. The van der Waals surface area contributed by atoms with Gasteiger partial charge in [0.25, 0.3) is 0 Å². The van der Waals surface area contributed by atoms with Gasteiger partial charge in [0.2, 0.25) is 0 Å². The molecule has 2 unspecified atom stereocenters. The molecule has 0 saturated carbocycles. The molecular weight excluding hydrogens is 354 g/mol. The van der Waals surface area contributed by atoms with Crippen LogP contribution in [0, 0.1) is 0 Å². The van der Waals surface area contributed by atoms with Crippen molar-refractivity contribution in [2.75, 3.05) is 20.8 Å². The summed E-state index contributed by atoms with van der Waals surface area (Å²) in [4.78, 5) is 14.1. The zero-order valence-electron chi connectivity index (χ0n) is 16.9. The average Bonchev–Trinajstić information content (AvgIpc) is 2.74. The van der Waals surface area contributed by atoms with Crippen LogP contribution in [0.15, 0.2) is 42.5 Å². The number of carboxylic acid groups (broad SMARTS) is 1. The minimum absolute atomic E-state index is 0.146. The molecule has 28 heavy (non-hydrogen) atoms. The highest BCUT2D eigenvalue weighted by Crippen LogP contribution is 2.38. The summed E-state index contributed by atoms with van der Waals surface area (Å²) in [7, 11) is 3.23. The summed E-state index contributed by atoms with van der Waals surface area (Å²) < 4.78 is 10.9. The molecule has 1 aliphatic rings. The Morgan fingerprint density at radius 2 is 1.75 bits per heavy atom. The van der Waals surface area contributed by atoms with Crippen molar-refractivity contribution in [2.24, 2.45) is 0 Å². The number of benzene rings is 2. The molecule has 3 rings (SSSR count). The molecule has 0 spiro atoms. The van der Waals surface area contributed by atoms with E-state index in [2.05, 4.69) is 36.1 Å². The van der Waals surface area contributed by atoms with Crippen molar-refractivity contribution in [3.05, 3.63) is 59.2 Å². The Kier molecular flexibility index (Phi) is 6.57. The first-order valence-electron chi connectivity index (χ1n) is 9.88. The quantitative estimate of drug-likeness (QED) is 0.773. The summed E-state index contributed by atoms with van der Waals surface area (Å²) in [5, 5.41) is 9.83. The summed E-state index contributed by atoms with van der Waals surface area (Å²) in [6, 6.07) is 13.7. The average molecular weight is 383 g/mol. The van der Waals surface area contributed by atoms with Crippen molar-refractivity contribution in [3.63, 3.8) is 0 Å². The highest BCUT2D eigenvalue weighted by molar-refractivity contribution is 5.73. The molecule has 2 aromatic rings. The Balaban J connectivity index is 2.09. The van der Waals surface area contributed by atoms with Gasteiger partial charge in [0.05, 0.1) is 20.3 Å². The second kappa shape index (κ2) is 9.11. The van der Waals surface area contributed by atoms with Crippen LogP contribution in [-0.4, -0.2) is 42.8 Å². The number of carboxylic acids is 1. The molecule has 0 radical (unpaired) electrons. The molecule has 0 bridgehead atoms. The third-order valence-electron chi connectivity index (χ3n) is 5.59. The van der Waals surface area contributed by atoms with E-state index in [4.69, 9.17) is 9.47 Å². The fourth-order valence-electron chi connectivity index (χ4n) is 4.06. The van der Waals surface area contributed by atoms with Gasteiger partial charge in [-0.3, -0.25) is 9.69 Å². The van der Waals surface area contributed by atoms with Gasteiger partial charge in [-0.25, -0.2) is 0 Å². The molecule has 2 aromatic carbocycles. The zero-order chi connectivity index (χ0) is 20.1. The number of methoxy groups -OCH3 is 2. The van der Waals surface area contributed by atoms with Crippen LogP contribution >= 0.6 is 0 Å². The predicted molar refractivity (Wildman–Crippen MR) is 109 cm³/mol. The minimum Gasteiger partial charge on any atom is -0.493 e. The number of piperidine rings is 1. The summed E-state index contributed by atoms with van der Waals surface area (Å²) in [6.45, 7) is 2.89. The molecule has 0 aromatic heterocycles. The van der Waals surface area contributed by atoms with Gasteiger partial charge in [0.1, 0.15) is 6.04 Å². The first-order chi connectivity index (χ1) is 13.6. The number of likely N-dealkylation sites (tertiary alicyclic amines) is 1. The molecular formula is C23H29NO4. The van der Waals surface area contributed by atoms with E-state index in [9.17, 15) is 9.90 Å². The molecule has 1 fully saturated rings. The van der Waals surface area contributed by atoms with Gasteiger partial charge in [0, 0.05) is 0 Å². The predicted octanol–water partition coefficient (Wildman–Crippen LogP) is 4.29. The van der Waals surface area contributed by atoms with Crippen LogP contribution < -0.4 is 9.47 Å².